The van der Waals surface area contributed by atoms with Crippen molar-refractivity contribution in [2.45, 2.75) is 78.1 Å². The number of aliphatic imine (C=N–C) groups is 1. The van der Waals surface area contributed by atoms with Gasteiger partial charge >= 0.3 is 0 Å². The topological polar surface area (TPSA) is 12.4 Å². The summed E-state index contributed by atoms with van der Waals surface area (Å²) in [5.41, 5.74) is 4.72. The first-order chi connectivity index (χ1) is 10.7. The first-order valence-electron chi connectivity index (χ1n) is 9.09. The van der Waals surface area contributed by atoms with Gasteiger partial charge in [-0.3, -0.25) is 4.99 Å². The second kappa shape index (κ2) is 4.46. The van der Waals surface area contributed by atoms with E-state index in [-0.39, 0.29) is 16.6 Å². The molecule has 1 unspecified atom stereocenters. The zero-order valence-corrected chi connectivity index (χ0v) is 15.1. The van der Waals surface area contributed by atoms with Gasteiger partial charge in [-0.2, -0.15) is 0 Å². The lowest BCUT2D eigenvalue weighted by Gasteiger charge is -2.59. The summed E-state index contributed by atoms with van der Waals surface area (Å²) in [6.45, 7) is 11.4. The first kappa shape index (κ1) is 15.4. The van der Waals surface area contributed by atoms with Crippen LogP contribution in [0, 0.1) is 16.6 Å². The predicted molar refractivity (Wildman–Crippen MR) is 94.2 cm³/mol. The molecule has 1 spiro atoms. The molecule has 1 heterocycles. The molecule has 1 atom stereocenters. The van der Waals surface area contributed by atoms with Gasteiger partial charge in [-0.15, -0.1) is 0 Å². The molecule has 0 saturated heterocycles. The molecule has 124 valence electrons. The molecule has 2 heteroatoms. The van der Waals surface area contributed by atoms with E-state index < -0.39 is 0 Å². The minimum Gasteiger partial charge on any atom is -0.254 e. The molecule has 4 rings (SSSR count). The Morgan fingerprint density at radius 1 is 1.09 bits per heavy atom. The monoisotopic (exact) mass is 313 g/mol. The molecule has 2 fully saturated rings. The Labute approximate surface area is 139 Å². The van der Waals surface area contributed by atoms with Crippen LogP contribution >= 0.6 is 0 Å². The Hall–Kier alpha value is -1.18. The molecule has 2 aliphatic carbocycles. The maximum absolute atomic E-state index is 14.8. The summed E-state index contributed by atoms with van der Waals surface area (Å²) in [6.07, 6.45) is 5.89. The fraction of sp³-hybridized carbons (Fsp3) is 0.667. The van der Waals surface area contributed by atoms with Crippen molar-refractivity contribution in [1.29, 1.82) is 0 Å². The average Bonchev–Trinajstić information content (AvgIpc) is 3.06. The van der Waals surface area contributed by atoms with Gasteiger partial charge in [0.05, 0.1) is 0 Å². The highest BCUT2D eigenvalue weighted by molar-refractivity contribution is 6.00. The zero-order chi connectivity index (χ0) is 16.6. The second-order valence-electron chi connectivity index (χ2n) is 9.25. The van der Waals surface area contributed by atoms with Crippen LogP contribution in [0.3, 0.4) is 0 Å². The van der Waals surface area contributed by atoms with E-state index in [4.69, 9.17) is 0 Å². The van der Waals surface area contributed by atoms with E-state index in [0.29, 0.717) is 17.0 Å². The third-order valence-electron chi connectivity index (χ3n) is 7.76. The zero-order valence-electron chi connectivity index (χ0n) is 15.1. The van der Waals surface area contributed by atoms with Crippen LogP contribution in [0.1, 0.15) is 83.8 Å². The normalized spacial score (nSPS) is 29.3. The molecule has 0 amide bonds. The Balaban J connectivity index is 1.81. The Bertz CT molecular complexity index is 705. The van der Waals surface area contributed by atoms with Crippen LogP contribution in [0.5, 0.6) is 0 Å². The van der Waals surface area contributed by atoms with Gasteiger partial charge in [0.1, 0.15) is 11.5 Å². The van der Waals surface area contributed by atoms with Gasteiger partial charge in [-0.25, -0.2) is 4.39 Å². The molecule has 0 radical (unpaired) electrons. The van der Waals surface area contributed by atoms with Gasteiger partial charge in [0.15, 0.2) is 0 Å². The number of nitrogens with zero attached hydrogens (tertiary/aromatic N) is 1. The summed E-state index contributed by atoms with van der Waals surface area (Å²) in [6, 6.07) is 4.08. The van der Waals surface area contributed by atoms with Crippen LogP contribution < -0.4 is 0 Å². The molecule has 0 bridgehead atoms. The van der Waals surface area contributed by atoms with Crippen molar-refractivity contribution >= 4 is 11.4 Å². The fourth-order valence-electron chi connectivity index (χ4n) is 5.28. The lowest BCUT2D eigenvalue weighted by atomic mass is 9.45. The van der Waals surface area contributed by atoms with Gasteiger partial charge in [0, 0.05) is 11.1 Å². The number of rotatable bonds is 1. The summed E-state index contributed by atoms with van der Waals surface area (Å²) >= 11 is 0. The molecular formula is C21H28FN. The highest BCUT2D eigenvalue weighted by Gasteiger charge is 2.55. The van der Waals surface area contributed by atoms with Crippen molar-refractivity contribution in [3.63, 3.8) is 0 Å². The molecule has 0 aromatic heterocycles. The summed E-state index contributed by atoms with van der Waals surface area (Å²) in [5, 5.41) is 0. The van der Waals surface area contributed by atoms with Gasteiger partial charge in [-0.05, 0) is 60.1 Å². The van der Waals surface area contributed by atoms with Crippen LogP contribution in [0.2, 0.25) is 0 Å². The standard InChI is InChI=1S/C21H28FN/c1-13-21(8-6-7-9-21)15-10-14(11-17(22)18(15)23-13)16-12-19(2,3)20(16,4)5/h10-11,16H,6-9,12H2,1-5H3. The van der Waals surface area contributed by atoms with Crippen molar-refractivity contribution in [2.24, 2.45) is 15.8 Å². The second-order valence-corrected chi connectivity index (χ2v) is 9.25. The SMILES string of the molecule is CC1=Nc2c(F)cc(C3CC(C)(C)C3(C)C)cc2C12CCCC2. The van der Waals surface area contributed by atoms with E-state index in [1.165, 1.54) is 24.0 Å². The van der Waals surface area contributed by atoms with Gasteiger partial charge < -0.3 is 0 Å². The molecule has 1 aliphatic heterocycles. The molecular weight excluding hydrogens is 285 g/mol. The van der Waals surface area contributed by atoms with E-state index in [0.717, 1.165) is 25.0 Å². The molecule has 1 nitrogen and oxygen atoms in total. The van der Waals surface area contributed by atoms with Crippen molar-refractivity contribution in [3.05, 3.63) is 29.1 Å². The van der Waals surface area contributed by atoms with Crippen LogP contribution in [0.15, 0.2) is 17.1 Å². The van der Waals surface area contributed by atoms with Gasteiger partial charge in [-0.1, -0.05) is 46.6 Å². The average molecular weight is 313 g/mol. The number of hydrogen-bond acceptors (Lipinski definition) is 1. The summed E-state index contributed by atoms with van der Waals surface area (Å²) < 4.78 is 14.8. The lowest BCUT2D eigenvalue weighted by molar-refractivity contribution is -0.0488. The molecule has 2 saturated carbocycles. The number of halogens is 1. The molecule has 1 aromatic carbocycles. The van der Waals surface area contributed by atoms with Gasteiger partial charge in [0.25, 0.3) is 0 Å². The lowest BCUT2D eigenvalue weighted by Crippen LogP contribution is -2.49. The molecule has 23 heavy (non-hydrogen) atoms. The quantitative estimate of drug-likeness (QED) is 0.578. The van der Waals surface area contributed by atoms with Crippen LogP contribution in [-0.2, 0) is 5.41 Å². The van der Waals surface area contributed by atoms with Crippen LogP contribution in [0.25, 0.3) is 0 Å². The van der Waals surface area contributed by atoms with E-state index >= 15 is 0 Å². The Kier molecular flexibility index (Phi) is 2.98. The van der Waals surface area contributed by atoms with E-state index in [9.17, 15) is 4.39 Å². The minimum atomic E-state index is -0.110. The van der Waals surface area contributed by atoms with E-state index in [1.807, 2.05) is 0 Å². The highest BCUT2D eigenvalue weighted by Crippen LogP contribution is 2.65. The highest BCUT2D eigenvalue weighted by atomic mass is 19.1. The van der Waals surface area contributed by atoms with E-state index in [1.54, 1.807) is 6.07 Å². The van der Waals surface area contributed by atoms with Crippen molar-refractivity contribution in [1.82, 2.24) is 0 Å². The van der Waals surface area contributed by atoms with Gasteiger partial charge in [0.2, 0.25) is 0 Å². The number of hydrogen-bond donors (Lipinski definition) is 0. The van der Waals surface area contributed by atoms with Crippen LogP contribution in [-0.4, -0.2) is 5.71 Å². The number of fused-ring (bicyclic) bond motifs is 2. The summed E-state index contributed by atoms with van der Waals surface area (Å²) in [5.74, 6) is 0.345. The molecule has 0 N–H and O–H groups in total. The Morgan fingerprint density at radius 2 is 1.74 bits per heavy atom. The maximum Gasteiger partial charge on any atom is 0.149 e. The largest absolute Gasteiger partial charge is 0.254 e. The third-order valence-corrected chi connectivity index (χ3v) is 7.76. The maximum atomic E-state index is 14.8. The fourth-order valence-corrected chi connectivity index (χ4v) is 5.28. The van der Waals surface area contributed by atoms with Crippen LogP contribution in [0.4, 0.5) is 10.1 Å². The minimum absolute atomic E-state index is 0.0373. The molecule has 3 aliphatic rings. The van der Waals surface area contributed by atoms with Crippen molar-refractivity contribution in [3.8, 4) is 0 Å². The predicted octanol–water partition coefficient (Wildman–Crippen LogP) is 6.28. The Morgan fingerprint density at radius 3 is 2.30 bits per heavy atom. The summed E-state index contributed by atoms with van der Waals surface area (Å²) in [7, 11) is 0. The number of benzene rings is 1. The smallest absolute Gasteiger partial charge is 0.149 e. The molecule has 1 aromatic rings. The third kappa shape index (κ3) is 1.81. The summed E-state index contributed by atoms with van der Waals surface area (Å²) in [4.78, 5) is 4.64. The van der Waals surface area contributed by atoms with Crippen molar-refractivity contribution in [2.75, 3.05) is 0 Å². The van der Waals surface area contributed by atoms with E-state index in [2.05, 4.69) is 45.7 Å². The van der Waals surface area contributed by atoms with Crippen molar-refractivity contribution < 1.29 is 4.39 Å². The first-order valence-corrected chi connectivity index (χ1v) is 9.09.